The molecule has 0 radical (unpaired) electrons. The summed E-state index contributed by atoms with van der Waals surface area (Å²) in [5.74, 6) is 0.208. The number of hydrogen-bond acceptors (Lipinski definition) is 1. The van der Waals surface area contributed by atoms with E-state index in [1.54, 1.807) is 6.07 Å². The monoisotopic (exact) mass is 265 g/mol. The van der Waals surface area contributed by atoms with Crippen molar-refractivity contribution in [2.75, 3.05) is 0 Å². The summed E-state index contributed by atoms with van der Waals surface area (Å²) in [5, 5.41) is 1.57. The zero-order chi connectivity index (χ0) is 14.1. The van der Waals surface area contributed by atoms with Crippen LogP contribution >= 0.6 is 0 Å². The van der Waals surface area contributed by atoms with Gasteiger partial charge in [-0.3, -0.25) is 4.98 Å². The van der Waals surface area contributed by atoms with Gasteiger partial charge in [0.2, 0.25) is 0 Å². The first kappa shape index (κ1) is 12.8. The van der Waals surface area contributed by atoms with Crippen molar-refractivity contribution < 1.29 is 4.39 Å². The highest BCUT2D eigenvalue weighted by Gasteiger charge is 2.09. The van der Waals surface area contributed by atoms with Crippen LogP contribution in [0.15, 0.2) is 54.7 Å². The highest BCUT2D eigenvalue weighted by Crippen LogP contribution is 2.30. The zero-order valence-electron chi connectivity index (χ0n) is 11.6. The highest BCUT2D eigenvalue weighted by atomic mass is 19.1. The molecular weight excluding hydrogens is 249 g/mol. The maximum absolute atomic E-state index is 14.1. The van der Waals surface area contributed by atoms with Gasteiger partial charge in [-0.1, -0.05) is 50.2 Å². The Morgan fingerprint density at radius 3 is 2.35 bits per heavy atom. The van der Waals surface area contributed by atoms with E-state index in [4.69, 9.17) is 0 Å². The molecule has 0 unspecified atom stereocenters. The predicted octanol–water partition coefficient (Wildman–Crippen LogP) is 5.16. The molecule has 0 aliphatic carbocycles. The van der Waals surface area contributed by atoms with Crippen molar-refractivity contribution in [2.45, 2.75) is 19.8 Å². The van der Waals surface area contributed by atoms with Gasteiger partial charge in [0.05, 0.1) is 0 Å². The standard InChI is InChI=1S/C18H16FN/c1-12(2)17-10-9-14(11-20-17)15-7-3-5-13-6-4-8-16(19)18(13)15/h3-12H,1-2H3. The largest absolute Gasteiger partial charge is 0.260 e. The van der Waals surface area contributed by atoms with Crippen LogP contribution in [0.5, 0.6) is 0 Å². The van der Waals surface area contributed by atoms with Crippen LogP contribution in [0.25, 0.3) is 21.9 Å². The Kier molecular flexibility index (Phi) is 3.23. The van der Waals surface area contributed by atoms with Crippen molar-refractivity contribution in [3.8, 4) is 11.1 Å². The molecule has 1 nitrogen and oxygen atoms in total. The van der Waals surface area contributed by atoms with Crippen molar-refractivity contribution in [1.29, 1.82) is 0 Å². The van der Waals surface area contributed by atoms with E-state index in [9.17, 15) is 4.39 Å². The lowest BCUT2D eigenvalue weighted by Crippen LogP contribution is -1.92. The summed E-state index contributed by atoms with van der Waals surface area (Å²) < 4.78 is 14.1. The SMILES string of the molecule is CC(C)c1ccc(-c2cccc3cccc(F)c23)cn1. The van der Waals surface area contributed by atoms with Gasteiger partial charge in [0.25, 0.3) is 0 Å². The van der Waals surface area contributed by atoms with Gasteiger partial charge in [-0.15, -0.1) is 0 Å². The number of fused-ring (bicyclic) bond motifs is 1. The molecule has 3 rings (SSSR count). The van der Waals surface area contributed by atoms with E-state index in [-0.39, 0.29) is 5.82 Å². The van der Waals surface area contributed by atoms with Crippen molar-refractivity contribution in [3.63, 3.8) is 0 Å². The number of rotatable bonds is 2. The Morgan fingerprint density at radius 2 is 1.70 bits per heavy atom. The first-order chi connectivity index (χ1) is 9.66. The van der Waals surface area contributed by atoms with Gasteiger partial charge in [-0.05, 0) is 29.0 Å². The predicted molar refractivity (Wildman–Crippen MR) is 81.2 cm³/mol. The van der Waals surface area contributed by atoms with Gasteiger partial charge >= 0.3 is 0 Å². The fourth-order valence-electron chi connectivity index (χ4n) is 2.44. The fourth-order valence-corrected chi connectivity index (χ4v) is 2.44. The third-order valence-electron chi connectivity index (χ3n) is 3.54. The van der Waals surface area contributed by atoms with Crippen LogP contribution in [-0.2, 0) is 0 Å². The Bertz CT molecular complexity index is 740. The van der Waals surface area contributed by atoms with Gasteiger partial charge in [-0.25, -0.2) is 4.39 Å². The summed E-state index contributed by atoms with van der Waals surface area (Å²) in [4.78, 5) is 4.47. The minimum absolute atomic E-state index is 0.189. The molecule has 0 N–H and O–H groups in total. The van der Waals surface area contributed by atoms with E-state index in [1.165, 1.54) is 6.07 Å². The Hall–Kier alpha value is -2.22. The number of hydrogen-bond donors (Lipinski definition) is 0. The van der Waals surface area contributed by atoms with Gasteiger partial charge in [0, 0.05) is 22.8 Å². The molecule has 1 aromatic heterocycles. The number of halogens is 1. The highest BCUT2D eigenvalue weighted by molar-refractivity contribution is 5.96. The summed E-state index contributed by atoms with van der Waals surface area (Å²) in [6.07, 6.45) is 1.83. The molecule has 100 valence electrons. The molecule has 0 saturated carbocycles. The summed E-state index contributed by atoms with van der Waals surface area (Å²) in [6, 6.07) is 15.0. The van der Waals surface area contributed by atoms with E-state index in [0.29, 0.717) is 11.3 Å². The van der Waals surface area contributed by atoms with Crippen LogP contribution in [-0.4, -0.2) is 4.98 Å². The number of pyridine rings is 1. The van der Waals surface area contributed by atoms with E-state index >= 15 is 0 Å². The summed E-state index contributed by atoms with van der Waals surface area (Å²) in [6.45, 7) is 4.22. The average molecular weight is 265 g/mol. The minimum atomic E-state index is -0.189. The van der Waals surface area contributed by atoms with E-state index in [2.05, 4.69) is 18.8 Å². The summed E-state index contributed by atoms with van der Waals surface area (Å²) >= 11 is 0. The zero-order valence-corrected chi connectivity index (χ0v) is 11.6. The van der Waals surface area contributed by atoms with Gasteiger partial charge in [0.15, 0.2) is 0 Å². The molecule has 0 atom stereocenters. The van der Waals surface area contributed by atoms with Crippen LogP contribution in [0.2, 0.25) is 0 Å². The van der Waals surface area contributed by atoms with Gasteiger partial charge in [0.1, 0.15) is 5.82 Å². The Labute approximate surface area is 118 Å². The molecule has 0 amide bonds. The van der Waals surface area contributed by atoms with Crippen LogP contribution in [0, 0.1) is 5.82 Å². The van der Waals surface area contributed by atoms with Gasteiger partial charge < -0.3 is 0 Å². The molecule has 3 aromatic rings. The lowest BCUT2D eigenvalue weighted by atomic mass is 9.98. The first-order valence-corrected chi connectivity index (χ1v) is 6.80. The molecule has 0 aliphatic heterocycles. The Balaban J connectivity index is 2.19. The quantitative estimate of drug-likeness (QED) is 0.623. The maximum Gasteiger partial charge on any atom is 0.131 e. The molecule has 20 heavy (non-hydrogen) atoms. The third-order valence-corrected chi connectivity index (χ3v) is 3.54. The first-order valence-electron chi connectivity index (χ1n) is 6.80. The molecule has 0 aliphatic rings. The van der Waals surface area contributed by atoms with Crippen molar-refractivity contribution in [2.24, 2.45) is 0 Å². The number of aromatic nitrogens is 1. The average Bonchev–Trinajstić information content (AvgIpc) is 2.47. The lowest BCUT2D eigenvalue weighted by Gasteiger charge is -2.09. The smallest absolute Gasteiger partial charge is 0.131 e. The van der Waals surface area contributed by atoms with Crippen molar-refractivity contribution in [3.05, 3.63) is 66.2 Å². The molecule has 2 heteroatoms. The molecule has 0 saturated heterocycles. The molecular formula is C18H16FN. The molecule has 0 spiro atoms. The van der Waals surface area contributed by atoms with Crippen LogP contribution < -0.4 is 0 Å². The summed E-state index contributed by atoms with van der Waals surface area (Å²) in [5.41, 5.74) is 2.89. The normalized spacial score (nSPS) is 11.2. The second-order valence-electron chi connectivity index (χ2n) is 5.27. The number of nitrogens with zero attached hydrogens (tertiary/aromatic N) is 1. The number of benzene rings is 2. The lowest BCUT2D eigenvalue weighted by molar-refractivity contribution is 0.640. The van der Waals surface area contributed by atoms with Crippen LogP contribution in [0.1, 0.15) is 25.5 Å². The van der Waals surface area contributed by atoms with E-state index < -0.39 is 0 Å². The molecule has 0 bridgehead atoms. The summed E-state index contributed by atoms with van der Waals surface area (Å²) in [7, 11) is 0. The van der Waals surface area contributed by atoms with Gasteiger partial charge in [-0.2, -0.15) is 0 Å². The minimum Gasteiger partial charge on any atom is -0.260 e. The fraction of sp³-hybridized carbons (Fsp3) is 0.167. The van der Waals surface area contributed by atoms with Crippen molar-refractivity contribution >= 4 is 10.8 Å². The van der Waals surface area contributed by atoms with Crippen LogP contribution in [0.3, 0.4) is 0 Å². The van der Waals surface area contributed by atoms with Crippen molar-refractivity contribution in [1.82, 2.24) is 4.98 Å². The van der Waals surface area contributed by atoms with E-state index in [0.717, 1.165) is 22.2 Å². The van der Waals surface area contributed by atoms with E-state index in [1.807, 2.05) is 42.6 Å². The van der Waals surface area contributed by atoms with Crippen LogP contribution in [0.4, 0.5) is 4.39 Å². The second-order valence-corrected chi connectivity index (χ2v) is 5.27. The molecule has 2 aromatic carbocycles. The second kappa shape index (κ2) is 5.04. The molecule has 0 fully saturated rings. The molecule has 1 heterocycles. The third kappa shape index (κ3) is 2.18. The Morgan fingerprint density at radius 1 is 0.950 bits per heavy atom. The maximum atomic E-state index is 14.1. The topological polar surface area (TPSA) is 12.9 Å².